The first-order valence-corrected chi connectivity index (χ1v) is 9.25. The summed E-state index contributed by atoms with van der Waals surface area (Å²) in [5.74, 6) is 0.352. The van der Waals surface area contributed by atoms with Crippen molar-refractivity contribution >= 4 is 15.8 Å². The molecule has 1 saturated carbocycles. The van der Waals surface area contributed by atoms with Crippen LogP contribution in [0.4, 0.5) is 0 Å². The molecule has 1 aromatic rings. The van der Waals surface area contributed by atoms with E-state index in [0.29, 0.717) is 11.4 Å². The summed E-state index contributed by atoms with van der Waals surface area (Å²) in [6.45, 7) is 2.33. The Labute approximate surface area is 130 Å². The van der Waals surface area contributed by atoms with Crippen LogP contribution in [0.3, 0.4) is 0 Å². The number of hydrogen-bond donors (Lipinski definition) is 0. The van der Waals surface area contributed by atoms with Gasteiger partial charge in [-0.1, -0.05) is 24.1 Å². The van der Waals surface area contributed by atoms with Crippen molar-refractivity contribution in [2.75, 3.05) is 6.54 Å². The van der Waals surface area contributed by atoms with Crippen LogP contribution in [-0.4, -0.2) is 31.1 Å². The van der Waals surface area contributed by atoms with Gasteiger partial charge in [-0.25, -0.2) is 8.42 Å². The summed E-state index contributed by atoms with van der Waals surface area (Å²) in [7, 11) is -3.48. The van der Waals surface area contributed by atoms with Crippen molar-refractivity contribution in [1.82, 2.24) is 4.31 Å². The second-order valence-electron chi connectivity index (χ2n) is 6.62. The maximum atomic E-state index is 13.0. The molecule has 0 N–H and O–H groups in total. The molecule has 5 heteroatoms. The van der Waals surface area contributed by atoms with E-state index < -0.39 is 10.0 Å². The third-order valence-corrected chi connectivity index (χ3v) is 7.21. The van der Waals surface area contributed by atoms with E-state index in [1.807, 2.05) is 19.1 Å². The molecular formula is C17H19NO3S. The maximum absolute atomic E-state index is 13.0. The standard InChI is InChI=1S/C17H19NO3S/c1-11-5-7-13(8-6-11)22(20,21)18-10-12-9-16(19)14-3-2-4-15(18)17(12)14/h5-9,14-15,17H,2-4,10H2,1H3/t14-,15-,17+/m0/s1. The van der Waals surface area contributed by atoms with Crippen LogP contribution in [0.1, 0.15) is 24.8 Å². The fourth-order valence-corrected chi connectivity index (χ4v) is 5.93. The number of ketones is 1. The summed E-state index contributed by atoms with van der Waals surface area (Å²) in [6, 6.07) is 6.98. The van der Waals surface area contributed by atoms with Crippen molar-refractivity contribution in [1.29, 1.82) is 0 Å². The highest BCUT2D eigenvalue weighted by Crippen LogP contribution is 2.48. The summed E-state index contributed by atoms with van der Waals surface area (Å²) >= 11 is 0. The van der Waals surface area contributed by atoms with Crippen LogP contribution in [-0.2, 0) is 14.8 Å². The summed E-state index contributed by atoms with van der Waals surface area (Å²) < 4.78 is 27.6. The summed E-state index contributed by atoms with van der Waals surface area (Å²) in [5, 5.41) is 0. The lowest BCUT2D eigenvalue weighted by molar-refractivity contribution is -0.119. The normalized spacial score (nSPS) is 31.2. The lowest BCUT2D eigenvalue weighted by Crippen LogP contribution is -2.42. The molecule has 0 aromatic heterocycles. The Bertz CT molecular complexity index is 764. The lowest BCUT2D eigenvalue weighted by Gasteiger charge is -2.33. The molecular weight excluding hydrogens is 298 g/mol. The van der Waals surface area contributed by atoms with Gasteiger partial charge in [0.2, 0.25) is 10.0 Å². The molecule has 1 saturated heterocycles. The smallest absolute Gasteiger partial charge is 0.243 e. The molecule has 22 heavy (non-hydrogen) atoms. The van der Waals surface area contributed by atoms with Crippen LogP contribution >= 0.6 is 0 Å². The summed E-state index contributed by atoms with van der Waals surface area (Å²) in [5.41, 5.74) is 2.07. The van der Waals surface area contributed by atoms with E-state index >= 15 is 0 Å². The molecule has 0 unspecified atom stereocenters. The maximum Gasteiger partial charge on any atom is 0.243 e. The molecule has 1 aromatic carbocycles. The summed E-state index contributed by atoms with van der Waals surface area (Å²) in [6.07, 6.45) is 4.40. The number of hydrogen-bond acceptors (Lipinski definition) is 3. The lowest BCUT2D eigenvalue weighted by atomic mass is 9.77. The Kier molecular flexibility index (Phi) is 3.07. The van der Waals surface area contributed by atoms with Crippen LogP contribution in [0.15, 0.2) is 40.8 Å². The highest BCUT2D eigenvalue weighted by molar-refractivity contribution is 7.89. The molecule has 3 atom stereocenters. The largest absolute Gasteiger partial charge is 0.295 e. The molecule has 0 radical (unpaired) electrons. The van der Waals surface area contributed by atoms with Gasteiger partial charge in [0.25, 0.3) is 0 Å². The van der Waals surface area contributed by atoms with E-state index in [0.717, 1.165) is 30.4 Å². The Morgan fingerprint density at radius 1 is 1.14 bits per heavy atom. The quantitative estimate of drug-likeness (QED) is 0.841. The van der Waals surface area contributed by atoms with E-state index in [4.69, 9.17) is 0 Å². The number of carbonyl (C=O) groups is 1. The molecule has 1 heterocycles. The van der Waals surface area contributed by atoms with Crippen molar-refractivity contribution in [2.45, 2.75) is 37.1 Å². The van der Waals surface area contributed by atoms with Gasteiger partial charge >= 0.3 is 0 Å². The SMILES string of the molecule is Cc1ccc(S(=O)(=O)N2CC3=CC(=O)[C@@H]4CCC[C@H]2[C@H]34)cc1. The van der Waals surface area contributed by atoms with Gasteiger partial charge in [-0.2, -0.15) is 4.31 Å². The second-order valence-corrected chi connectivity index (χ2v) is 8.51. The first-order chi connectivity index (χ1) is 10.5. The van der Waals surface area contributed by atoms with Gasteiger partial charge in [0, 0.05) is 24.4 Å². The van der Waals surface area contributed by atoms with E-state index in [-0.39, 0.29) is 23.7 Å². The van der Waals surface area contributed by atoms with Gasteiger partial charge in [-0.15, -0.1) is 0 Å². The zero-order valence-electron chi connectivity index (χ0n) is 12.5. The first-order valence-electron chi connectivity index (χ1n) is 7.81. The topological polar surface area (TPSA) is 54.5 Å². The minimum atomic E-state index is -3.48. The molecule has 116 valence electrons. The molecule has 2 aliphatic carbocycles. The minimum Gasteiger partial charge on any atom is -0.295 e. The van der Waals surface area contributed by atoms with E-state index in [1.165, 1.54) is 0 Å². The van der Waals surface area contributed by atoms with Crippen LogP contribution in [0.25, 0.3) is 0 Å². The first kappa shape index (κ1) is 14.2. The van der Waals surface area contributed by atoms with Crippen molar-refractivity contribution in [3.05, 3.63) is 41.5 Å². The zero-order valence-corrected chi connectivity index (χ0v) is 13.3. The van der Waals surface area contributed by atoms with Gasteiger partial charge in [0.05, 0.1) is 4.90 Å². The van der Waals surface area contributed by atoms with E-state index in [9.17, 15) is 13.2 Å². The van der Waals surface area contributed by atoms with Crippen LogP contribution in [0.5, 0.6) is 0 Å². The van der Waals surface area contributed by atoms with Crippen molar-refractivity contribution < 1.29 is 13.2 Å². The van der Waals surface area contributed by atoms with Crippen LogP contribution < -0.4 is 0 Å². The average Bonchev–Trinajstić information content (AvgIpc) is 3.02. The highest BCUT2D eigenvalue weighted by Gasteiger charge is 2.53. The van der Waals surface area contributed by atoms with Gasteiger partial charge < -0.3 is 0 Å². The number of rotatable bonds is 2. The third-order valence-electron chi connectivity index (χ3n) is 5.32. The molecule has 2 fully saturated rings. The Morgan fingerprint density at radius 2 is 1.86 bits per heavy atom. The predicted octanol–water partition coefficient (Wildman–Crippen LogP) is 2.29. The van der Waals surface area contributed by atoms with Crippen LogP contribution in [0, 0.1) is 18.8 Å². The third kappa shape index (κ3) is 1.92. The number of carbonyl (C=O) groups excluding carboxylic acids is 1. The molecule has 1 aliphatic heterocycles. The monoisotopic (exact) mass is 317 g/mol. The van der Waals surface area contributed by atoms with Crippen molar-refractivity contribution in [2.24, 2.45) is 11.8 Å². The number of benzene rings is 1. The average molecular weight is 317 g/mol. The molecule has 0 amide bonds. The van der Waals surface area contributed by atoms with Crippen LogP contribution in [0.2, 0.25) is 0 Å². The second kappa shape index (κ2) is 4.77. The fraction of sp³-hybridized carbons (Fsp3) is 0.471. The Morgan fingerprint density at radius 3 is 2.59 bits per heavy atom. The molecule has 4 rings (SSSR count). The molecule has 3 aliphatic rings. The summed E-state index contributed by atoms with van der Waals surface area (Å²) in [4.78, 5) is 12.4. The number of allylic oxidation sites excluding steroid dienone is 1. The molecule has 4 nitrogen and oxygen atoms in total. The van der Waals surface area contributed by atoms with Gasteiger partial charge in [0.1, 0.15) is 0 Å². The van der Waals surface area contributed by atoms with Crippen molar-refractivity contribution in [3.8, 4) is 0 Å². The zero-order chi connectivity index (χ0) is 15.5. The van der Waals surface area contributed by atoms with E-state index in [1.54, 1.807) is 22.5 Å². The Hall–Kier alpha value is -1.46. The predicted molar refractivity (Wildman–Crippen MR) is 82.8 cm³/mol. The molecule has 0 bridgehead atoms. The van der Waals surface area contributed by atoms with E-state index in [2.05, 4.69) is 0 Å². The van der Waals surface area contributed by atoms with Crippen molar-refractivity contribution in [3.63, 3.8) is 0 Å². The highest BCUT2D eigenvalue weighted by atomic mass is 32.2. The number of aryl methyl sites for hydroxylation is 1. The van der Waals surface area contributed by atoms with Gasteiger partial charge in [0.15, 0.2) is 5.78 Å². The van der Waals surface area contributed by atoms with Gasteiger partial charge in [-0.3, -0.25) is 4.79 Å². The fourth-order valence-electron chi connectivity index (χ4n) is 4.27. The van der Waals surface area contributed by atoms with Gasteiger partial charge in [-0.05, 0) is 43.5 Å². The Balaban J connectivity index is 1.73. The minimum absolute atomic E-state index is 0.0203. The molecule has 0 spiro atoms. The number of nitrogens with zero attached hydrogens (tertiary/aromatic N) is 1. The number of sulfonamides is 1.